The van der Waals surface area contributed by atoms with E-state index in [0.29, 0.717) is 12.8 Å². The first-order valence-electron chi connectivity index (χ1n) is 6.11. The molecule has 0 aliphatic heterocycles. The van der Waals surface area contributed by atoms with E-state index in [0.717, 1.165) is 25.7 Å². The maximum Gasteiger partial charge on any atom is 0.248 e. The van der Waals surface area contributed by atoms with Crippen molar-refractivity contribution >= 4 is 0 Å². The van der Waals surface area contributed by atoms with Gasteiger partial charge in [-0.15, -0.1) is 0 Å². The molecule has 0 bridgehead atoms. The van der Waals surface area contributed by atoms with E-state index in [-0.39, 0.29) is 24.9 Å². The lowest BCUT2D eigenvalue weighted by molar-refractivity contribution is -0.0631. The van der Waals surface area contributed by atoms with Crippen LogP contribution in [0.5, 0.6) is 0 Å². The van der Waals surface area contributed by atoms with E-state index < -0.39 is 5.92 Å². The van der Waals surface area contributed by atoms with Crippen LogP contribution < -0.4 is 0 Å². The maximum absolute atomic E-state index is 12.9. The monoisotopic (exact) mass is 220 g/mol. The molecule has 0 amide bonds. The first-order chi connectivity index (χ1) is 7.05. The molecule has 1 rings (SSSR count). The largest absolute Gasteiger partial charge is 0.393 e. The first kappa shape index (κ1) is 12.9. The molecule has 3 heteroatoms. The van der Waals surface area contributed by atoms with Gasteiger partial charge in [0.05, 0.1) is 6.10 Å². The molecule has 0 spiro atoms. The zero-order chi connectivity index (χ0) is 11.3. The number of halogens is 2. The van der Waals surface area contributed by atoms with E-state index >= 15 is 0 Å². The quantitative estimate of drug-likeness (QED) is 0.699. The van der Waals surface area contributed by atoms with Crippen molar-refractivity contribution in [2.24, 2.45) is 5.92 Å². The third-order valence-corrected chi connectivity index (χ3v) is 3.41. The molecule has 1 fully saturated rings. The van der Waals surface area contributed by atoms with Crippen LogP contribution in [0.4, 0.5) is 8.78 Å². The molecule has 0 radical (unpaired) electrons. The fourth-order valence-electron chi connectivity index (χ4n) is 2.29. The van der Waals surface area contributed by atoms with Gasteiger partial charge in [-0.1, -0.05) is 26.2 Å². The predicted molar refractivity (Wildman–Crippen MR) is 57.1 cm³/mol. The lowest BCUT2D eigenvalue weighted by atomic mass is 9.82. The number of alkyl halides is 2. The number of unbranched alkanes of at least 4 members (excludes halogenated alkanes) is 2. The molecule has 1 N–H and O–H groups in total. The van der Waals surface area contributed by atoms with Gasteiger partial charge < -0.3 is 5.11 Å². The normalized spacial score (nSPS) is 24.0. The van der Waals surface area contributed by atoms with Crippen molar-refractivity contribution in [2.75, 3.05) is 0 Å². The molecule has 1 unspecified atom stereocenters. The summed E-state index contributed by atoms with van der Waals surface area (Å²) < 4.78 is 25.7. The second-order valence-electron chi connectivity index (χ2n) is 4.76. The summed E-state index contributed by atoms with van der Waals surface area (Å²) in [6.07, 6.45) is 4.60. The Kier molecular flexibility index (Phi) is 4.97. The molecule has 0 aromatic rings. The number of rotatable bonds is 5. The van der Waals surface area contributed by atoms with Gasteiger partial charge in [0.2, 0.25) is 5.92 Å². The van der Waals surface area contributed by atoms with Gasteiger partial charge in [-0.05, 0) is 25.2 Å². The van der Waals surface area contributed by atoms with Crippen LogP contribution in [0.3, 0.4) is 0 Å². The van der Waals surface area contributed by atoms with Crippen LogP contribution in [-0.4, -0.2) is 17.1 Å². The summed E-state index contributed by atoms with van der Waals surface area (Å²) in [6.45, 7) is 2.12. The molecule has 0 heterocycles. The Morgan fingerprint density at radius 2 is 1.87 bits per heavy atom. The average molecular weight is 220 g/mol. The highest BCUT2D eigenvalue weighted by atomic mass is 19.3. The summed E-state index contributed by atoms with van der Waals surface area (Å²) in [5, 5.41) is 9.83. The van der Waals surface area contributed by atoms with Crippen molar-refractivity contribution in [1.82, 2.24) is 0 Å². The molecule has 1 nitrogen and oxygen atoms in total. The van der Waals surface area contributed by atoms with Crippen LogP contribution in [0.2, 0.25) is 0 Å². The molecule has 0 aromatic carbocycles. The average Bonchev–Trinajstić information content (AvgIpc) is 2.18. The Morgan fingerprint density at radius 3 is 2.40 bits per heavy atom. The van der Waals surface area contributed by atoms with Crippen LogP contribution in [0.1, 0.15) is 58.3 Å². The zero-order valence-electron chi connectivity index (χ0n) is 9.51. The summed E-state index contributed by atoms with van der Waals surface area (Å²) in [7, 11) is 0. The van der Waals surface area contributed by atoms with Crippen LogP contribution in [-0.2, 0) is 0 Å². The minimum atomic E-state index is -2.47. The molecule has 1 aliphatic carbocycles. The minimum absolute atomic E-state index is 0.0392. The molecular formula is C12H22F2O. The van der Waals surface area contributed by atoms with Gasteiger partial charge >= 0.3 is 0 Å². The van der Waals surface area contributed by atoms with Gasteiger partial charge in [-0.2, -0.15) is 0 Å². The number of hydrogen-bond acceptors (Lipinski definition) is 1. The smallest absolute Gasteiger partial charge is 0.248 e. The molecule has 15 heavy (non-hydrogen) atoms. The van der Waals surface area contributed by atoms with Gasteiger partial charge in [0.15, 0.2) is 0 Å². The molecule has 1 atom stereocenters. The summed E-state index contributed by atoms with van der Waals surface area (Å²) in [4.78, 5) is 0. The van der Waals surface area contributed by atoms with Crippen LogP contribution in [0, 0.1) is 5.92 Å². The molecule has 90 valence electrons. The number of aliphatic hydroxyl groups excluding tert-OH is 1. The van der Waals surface area contributed by atoms with Gasteiger partial charge in [0.1, 0.15) is 0 Å². The van der Waals surface area contributed by atoms with Crippen molar-refractivity contribution in [3.8, 4) is 0 Å². The van der Waals surface area contributed by atoms with Gasteiger partial charge in [-0.25, -0.2) is 8.78 Å². The van der Waals surface area contributed by atoms with E-state index in [1.807, 2.05) is 0 Å². The van der Waals surface area contributed by atoms with Crippen molar-refractivity contribution in [2.45, 2.75) is 70.3 Å². The molecule has 1 aliphatic rings. The molecule has 0 saturated heterocycles. The highest BCUT2D eigenvalue weighted by Gasteiger charge is 2.36. The summed E-state index contributed by atoms with van der Waals surface area (Å²) in [5.41, 5.74) is 0. The second-order valence-corrected chi connectivity index (χ2v) is 4.76. The Balaban J connectivity index is 2.21. The molecule has 1 saturated carbocycles. The lowest BCUT2D eigenvalue weighted by Gasteiger charge is -2.31. The van der Waals surface area contributed by atoms with E-state index in [1.165, 1.54) is 0 Å². The second kappa shape index (κ2) is 5.78. The summed E-state index contributed by atoms with van der Waals surface area (Å²) >= 11 is 0. The zero-order valence-corrected chi connectivity index (χ0v) is 9.51. The van der Waals surface area contributed by atoms with Crippen LogP contribution in [0.25, 0.3) is 0 Å². The van der Waals surface area contributed by atoms with E-state index in [4.69, 9.17) is 0 Å². The third-order valence-electron chi connectivity index (χ3n) is 3.41. The summed E-state index contributed by atoms with van der Waals surface area (Å²) in [5.74, 6) is -2.36. The van der Waals surface area contributed by atoms with Crippen molar-refractivity contribution in [3.05, 3.63) is 0 Å². The van der Waals surface area contributed by atoms with Crippen LogP contribution >= 0.6 is 0 Å². The Labute approximate surface area is 90.9 Å². The molecular weight excluding hydrogens is 198 g/mol. The number of aliphatic hydroxyl groups is 1. The fourth-order valence-corrected chi connectivity index (χ4v) is 2.29. The highest BCUT2D eigenvalue weighted by molar-refractivity contribution is 4.81. The minimum Gasteiger partial charge on any atom is -0.393 e. The standard InChI is InChI=1S/C12H22F2O/c1-2-3-4-5-11(15)10-6-8-12(13,14)9-7-10/h10-11,15H,2-9H2,1H3. The van der Waals surface area contributed by atoms with E-state index in [2.05, 4.69) is 6.92 Å². The topological polar surface area (TPSA) is 20.2 Å². The lowest BCUT2D eigenvalue weighted by Crippen LogP contribution is -2.31. The predicted octanol–water partition coefficient (Wildman–Crippen LogP) is 3.75. The SMILES string of the molecule is CCCCCC(O)C1CCC(F)(F)CC1. The Hall–Kier alpha value is -0.180. The highest BCUT2D eigenvalue weighted by Crippen LogP contribution is 2.38. The van der Waals surface area contributed by atoms with E-state index in [1.54, 1.807) is 0 Å². The Bertz CT molecular complexity index is 172. The third kappa shape index (κ3) is 4.45. The Morgan fingerprint density at radius 1 is 1.27 bits per heavy atom. The van der Waals surface area contributed by atoms with E-state index in [9.17, 15) is 13.9 Å². The van der Waals surface area contributed by atoms with Crippen molar-refractivity contribution in [1.29, 1.82) is 0 Å². The van der Waals surface area contributed by atoms with Crippen molar-refractivity contribution in [3.63, 3.8) is 0 Å². The van der Waals surface area contributed by atoms with Crippen molar-refractivity contribution < 1.29 is 13.9 Å². The van der Waals surface area contributed by atoms with Gasteiger partial charge in [-0.3, -0.25) is 0 Å². The van der Waals surface area contributed by atoms with Gasteiger partial charge in [0, 0.05) is 12.8 Å². The number of hydrogen-bond donors (Lipinski definition) is 1. The molecule has 0 aromatic heterocycles. The van der Waals surface area contributed by atoms with Gasteiger partial charge in [0.25, 0.3) is 0 Å². The maximum atomic E-state index is 12.9. The van der Waals surface area contributed by atoms with Crippen LogP contribution in [0.15, 0.2) is 0 Å². The fraction of sp³-hybridized carbons (Fsp3) is 1.00. The summed E-state index contributed by atoms with van der Waals surface area (Å²) in [6, 6.07) is 0. The first-order valence-corrected chi connectivity index (χ1v) is 6.11.